The van der Waals surface area contributed by atoms with E-state index in [4.69, 9.17) is 0 Å². The van der Waals surface area contributed by atoms with Crippen molar-refractivity contribution in [2.45, 2.75) is 12.5 Å². The Hall–Kier alpha value is -2.08. The van der Waals surface area contributed by atoms with Crippen molar-refractivity contribution in [1.29, 1.82) is 0 Å². The molecule has 19 heavy (non-hydrogen) atoms. The Bertz CT molecular complexity index is 728. The molecule has 0 spiro atoms. The van der Waals surface area contributed by atoms with E-state index in [-0.39, 0.29) is 23.2 Å². The van der Waals surface area contributed by atoms with Gasteiger partial charge in [0.15, 0.2) is 0 Å². The molecular weight excluding hydrogens is 264 g/mol. The number of rotatable bonds is 0. The summed E-state index contributed by atoms with van der Waals surface area (Å²) >= 11 is 0. The Morgan fingerprint density at radius 2 is 2.00 bits per heavy atom. The minimum atomic E-state index is -2.27. The van der Waals surface area contributed by atoms with Crippen LogP contribution in [0, 0.1) is 5.92 Å². The minimum Gasteiger partial charge on any atom is -0.270 e. The Balaban J connectivity index is 2.22. The maximum atomic E-state index is 11.9. The Kier molecular flexibility index (Phi) is 2.87. The summed E-state index contributed by atoms with van der Waals surface area (Å²) in [4.78, 5) is 12.2. The van der Waals surface area contributed by atoms with Crippen LogP contribution in [0.25, 0.3) is 0 Å². The number of carbonyl (C=O) groups excluding carboxylic acids is 1. The van der Waals surface area contributed by atoms with E-state index in [2.05, 4.69) is 10.2 Å². The molecule has 0 N–H and O–H groups in total. The number of allylic oxidation sites excluding steroid dienone is 3. The topological polar surface area (TPSA) is 75.9 Å². The number of fused-ring (bicyclic) bond motifs is 2. The maximum Gasteiger partial charge on any atom is 0.275 e. The van der Waals surface area contributed by atoms with Crippen LogP contribution in [0.1, 0.15) is 6.42 Å². The summed E-state index contributed by atoms with van der Waals surface area (Å²) in [6.07, 6.45) is 10.7. The zero-order valence-corrected chi connectivity index (χ0v) is 10.7. The first-order valence-corrected chi connectivity index (χ1v) is 6.90. The highest BCUT2D eigenvalue weighted by Gasteiger charge is 2.31. The number of amides is 1. The van der Waals surface area contributed by atoms with E-state index in [1.165, 1.54) is 6.08 Å². The second-order valence-electron chi connectivity index (χ2n) is 4.44. The number of hydrogen-bond donors (Lipinski definition) is 0. The smallest absolute Gasteiger partial charge is 0.270 e. The van der Waals surface area contributed by atoms with Crippen LogP contribution in [-0.4, -0.2) is 25.2 Å². The van der Waals surface area contributed by atoms with E-state index in [1.54, 1.807) is 6.08 Å². The van der Waals surface area contributed by atoms with Crippen molar-refractivity contribution in [3.8, 4) is 0 Å². The summed E-state index contributed by atoms with van der Waals surface area (Å²) in [5, 5.41) is 7.71. The fraction of sp³-hybridized carbons (Fsp3) is 0.231. The van der Waals surface area contributed by atoms with Gasteiger partial charge in [0, 0.05) is 6.42 Å². The van der Waals surface area contributed by atoms with Gasteiger partial charge >= 0.3 is 0 Å². The Morgan fingerprint density at radius 3 is 2.79 bits per heavy atom. The van der Waals surface area contributed by atoms with Gasteiger partial charge in [0.25, 0.3) is 5.91 Å². The van der Waals surface area contributed by atoms with E-state index in [9.17, 15) is 13.2 Å². The summed E-state index contributed by atoms with van der Waals surface area (Å²) in [6, 6.07) is -0.290. The molecule has 2 unspecified atom stereocenters. The first kappa shape index (κ1) is 12.0. The summed E-state index contributed by atoms with van der Waals surface area (Å²) in [6.45, 7) is 0. The number of nitrogens with zero attached hydrogens (tertiary/aromatic N) is 2. The van der Waals surface area contributed by atoms with E-state index >= 15 is 0 Å². The minimum absolute atomic E-state index is 0.248. The number of azo groups is 1. The molecule has 2 aliphatic carbocycles. The molecule has 1 amide bonds. The summed E-state index contributed by atoms with van der Waals surface area (Å²) in [5.74, 6) is -0.835. The van der Waals surface area contributed by atoms with Gasteiger partial charge in [-0.15, -0.1) is 5.11 Å². The highest BCUT2D eigenvalue weighted by Crippen LogP contribution is 2.33. The van der Waals surface area contributed by atoms with Gasteiger partial charge < -0.3 is 0 Å². The lowest BCUT2D eigenvalue weighted by Crippen LogP contribution is -2.21. The van der Waals surface area contributed by atoms with Gasteiger partial charge in [-0.1, -0.05) is 30.4 Å². The highest BCUT2D eigenvalue weighted by atomic mass is 32.2. The van der Waals surface area contributed by atoms with Crippen LogP contribution < -0.4 is 0 Å². The second-order valence-corrected chi connectivity index (χ2v) is 5.43. The molecule has 0 bridgehead atoms. The average molecular weight is 274 g/mol. The molecule has 3 aliphatic rings. The molecule has 5 nitrogen and oxygen atoms in total. The summed E-state index contributed by atoms with van der Waals surface area (Å²) in [7, 11) is -2.27. The third-order valence-corrected chi connectivity index (χ3v) is 4.05. The molecule has 2 atom stereocenters. The monoisotopic (exact) mass is 274 g/mol. The summed E-state index contributed by atoms with van der Waals surface area (Å²) < 4.78 is 22.2. The van der Waals surface area contributed by atoms with E-state index in [0.29, 0.717) is 0 Å². The van der Waals surface area contributed by atoms with Gasteiger partial charge in [0.05, 0.1) is 10.8 Å². The molecule has 0 aromatic rings. The van der Waals surface area contributed by atoms with Gasteiger partial charge in [0.2, 0.25) is 10.3 Å². The van der Waals surface area contributed by atoms with Crippen molar-refractivity contribution in [2.75, 3.05) is 0 Å². The van der Waals surface area contributed by atoms with Crippen molar-refractivity contribution in [1.82, 2.24) is 0 Å². The fourth-order valence-electron chi connectivity index (χ4n) is 2.41. The molecule has 1 aliphatic heterocycles. The van der Waals surface area contributed by atoms with Crippen molar-refractivity contribution < 1.29 is 13.2 Å². The van der Waals surface area contributed by atoms with Gasteiger partial charge in [-0.3, -0.25) is 4.79 Å². The highest BCUT2D eigenvalue weighted by molar-refractivity contribution is 7.73. The quantitative estimate of drug-likeness (QED) is 0.626. The van der Waals surface area contributed by atoms with Gasteiger partial charge in [-0.05, 0) is 17.2 Å². The SMILES string of the molecule is O=C1N=NC2C=CC=CC2=C2CC(=S(=O)=O)C=CC12. The predicted octanol–water partition coefficient (Wildman–Crippen LogP) is 1.40. The van der Waals surface area contributed by atoms with Crippen molar-refractivity contribution in [3.05, 3.63) is 47.6 Å². The lowest BCUT2D eigenvalue weighted by atomic mass is 9.83. The number of carbonyl (C=O) groups is 1. The first-order chi connectivity index (χ1) is 9.16. The predicted molar refractivity (Wildman–Crippen MR) is 70.1 cm³/mol. The van der Waals surface area contributed by atoms with Crippen LogP contribution in [0.4, 0.5) is 0 Å². The molecular formula is C13H10N2O3S. The normalized spacial score (nSPS) is 28.2. The maximum absolute atomic E-state index is 11.9. The molecule has 96 valence electrons. The second kappa shape index (κ2) is 4.55. The van der Waals surface area contributed by atoms with Crippen LogP contribution in [0.3, 0.4) is 0 Å². The third-order valence-electron chi connectivity index (χ3n) is 3.35. The fourth-order valence-corrected chi connectivity index (χ4v) is 2.88. The molecule has 0 saturated carbocycles. The average Bonchev–Trinajstić information content (AvgIpc) is 2.57. The largest absolute Gasteiger partial charge is 0.275 e. The molecule has 0 aromatic carbocycles. The van der Waals surface area contributed by atoms with Gasteiger partial charge in [-0.25, -0.2) is 0 Å². The van der Waals surface area contributed by atoms with Crippen molar-refractivity contribution >= 4 is 21.1 Å². The lowest BCUT2D eigenvalue weighted by molar-refractivity contribution is -0.119. The molecule has 0 fully saturated rings. The van der Waals surface area contributed by atoms with Crippen LogP contribution >= 0.6 is 0 Å². The van der Waals surface area contributed by atoms with Crippen LogP contribution in [0.15, 0.2) is 57.8 Å². The van der Waals surface area contributed by atoms with E-state index in [0.717, 1.165) is 11.1 Å². The van der Waals surface area contributed by atoms with Gasteiger partial charge in [0.1, 0.15) is 6.04 Å². The third kappa shape index (κ3) is 2.04. The van der Waals surface area contributed by atoms with Crippen LogP contribution in [0.5, 0.6) is 0 Å². The van der Waals surface area contributed by atoms with Crippen LogP contribution in [-0.2, 0) is 15.1 Å². The Morgan fingerprint density at radius 1 is 1.16 bits per heavy atom. The zero-order chi connectivity index (χ0) is 13.4. The van der Waals surface area contributed by atoms with Crippen molar-refractivity contribution in [3.63, 3.8) is 0 Å². The first-order valence-electron chi connectivity index (χ1n) is 5.82. The lowest BCUT2D eigenvalue weighted by Gasteiger charge is -2.21. The summed E-state index contributed by atoms with van der Waals surface area (Å²) in [5.41, 5.74) is 1.65. The molecule has 0 radical (unpaired) electrons. The molecule has 6 heteroatoms. The number of hydrogen-bond acceptors (Lipinski definition) is 4. The molecule has 0 aromatic heterocycles. The Labute approximate surface area is 111 Å². The van der Waals surface area contributed by atoms with Gasteiger partial charge in [-0.2, -0.15) is 13.5 Å². The van der Waals surface area contributed by atoms with E-state index in [1.807, 2.05) is 24.3 Å². The standard InChI is InChI=1S/C13H10N2O3S/c16-13-10-6-5-8(19(17)18)7-11(10)9-3-1-2-4-12(9)14-15-13/h1-6,10,12H,7H2. The van der Waals surface area contributed by atoms with E-state index < -0.39 is 16.2 Å². The van der Waals surface area contributed by atoms with Crippen molar-refractivity contribution in [2.24, 2.45) is 16.1 Å². The van der Waals surface area contributed by atoms with Crippen LogP contribution in [0.2, 0.25) is 0 Å². The molecule has 3 rings (SSSR count). The zero-order valence-electron chi connectivity index (χ0n) is 9.85. The molecule has 1 heterocycles. The molecule has 0 saturated heterocycles.